The van der Waals surface area contributed by atoms with Gasteiger partial charge in [0.15, 0.2) is 0 Å². The number of aliphatic imine (C=N–C) groups is 1. The number of halogens is 1. The third-order valence-corrected chi connectivity index (χ3v) is 1.81. The molecule has 0 amide bonds. The fourth-order valence-corrected chi connectivity index (χ4v) is 1.23. The zero-order valence-electron chi connectivity index (χ0n) is 6.29. The van der Waals surface area contributed by atoms with Crippen molar-refractivity contribution in [2.24, 2.45) is 4.99 Å². The van der Waals surface area contributed by atoms with Crippen LogP contribution in [-0.2, 0) is 0 Å². The Balaban J connectivity index is 2.49. The maximum absolute atomic E-state index is 5.79. The average molecular weight is 179 g/mol. The monoisotopic (exact) mass is 178 g/mol. The molecule has 0 aliphatic carbocycles. The number of nitrogens with one attached hydrogen (secondary N) is 1. The summed E-state index contributed by atoms with van der Waals surface area (Å²) in [4.78, 5) is 4.01. The SMILES string of the molecule is ClC1=CN=Cc2ccccc2N1. The zero-order valence-corrected chi connectivity index (χ0v) is 7.05. The molecule has 1 aromatic rings. The highest BCUT2D eigenvalue weighted by Gasteiger charge is 2.01. The largest absolute Gasteiger partial charge is 0.344 e. The first-order valence-corrected chi connectivity index (χ1v) is 3.99. The normalized spacial score (nSPS) is 14.2. The van der Waals surface area contributed by atoms with Gasteiger partial charge in [0.1, 0.15) is 5.16 Å². The summed E-state index contributed by atoms with van der Waals surface area (Å²) in [6.45, 7) is 0. The number of hydrogen-bond acceptors (Lipinski definition) is 2. The number of anilines is 1. The van der Waals surface area contributed by atoms with E-state index in [2.05, 4.69) is 10.3 Å². The van der Waals surface area contributed by atoms with Crippen LogP contribution in [0, 0.1) is 0 Å². The second-order valence-electron chi connectivity index (χ2n) is 2.47. The summed E-state index contributed by atoms with van der Waals surface area (Å²) in [5, 5.41) is 3.56. The lowest BCUT2D eigenvalue weighted by Crippen LogP contribution is -1.94. The van der Waals surface area contributed by atoms with Gasteiger partial charge >= 0.3 is 0 Å². The van der Waals surface area contributed by atoms with E-state index in [-0.39, 0.29) is 0 Å². The van der Waals surface area contributed by atoms with Crippen LogP contribution < -0.4 is 5.32 Å². The molecule has 0 saturated carbocycles. The molecule has 0 fully saturated rings. The van der Waals surface area contributed by atoms with E-state index in [1.807, 2.05) is 24.3 Å². The fraction of sp³-hybridized carbons (Fsp3) is 0. The Hall–Kier alpha value is -1.28. The van der Waals surface area contributed by atoms with Gasteiger partial charge in [0.05, 0.1) is 6.20 Å². The Kier molecular flexibility index (Phi) is 1.84. The molecule has 0 unspecified atom stereocenters. The molecule has 12 heavy (non-hydrogen) atoms. The summed E-state index contributed by atoms with van der Waals surface area (Å²) in [7, 11) is 0. The Morgan fingerprint density at radius 1 is 1.25 bits per heavy atom. The molecule has 1 aromatic carbocycles. The predicted molar refractivity (Wildman–Crippen MR) is 51.6 cm³/mol. The Labute approximate surface area is 75.6 Å². The number of fused-ring (bicyclic) bond motifs is 1. The van der Waals surface area contributed by atoms with Gasteiger partial charge < -0.3 is 5.32 Å². The lowest BCUT2D eigenvalue weighted by Gasteiger charge is -2.04. The molecule has 0 aromatic heterocycles. The highest BCUT2D eigenvalue weighted by Crippen LogP contribution is 2.18. The predicted octanol–water partition coefficient (Wildman–Crippen LogP) is 2.57. The van der Waals surface area contributed by atoms with Gasteiger partial charge in [-0.15, -0.1) is 0 Å². The van der Waals surface area contributed by atoms with E-state index in [4.69, 9.17) is 11.6 Å². The van der Waals surface area contributed by atoms with Crippen LogP contribution in [0.1, 0.15) is 5.56 Å². The van der Waals surface area contributed by atoms with E-state index in [0.29, 0.717) is 5.16 Å². The molecule has 0 spiro atoms. The number of para-hydroxylation sites is 1. The average Bonchev–Trinajstić information content (AvgIpc) is 2.25. The minimum atomic E-state index is 0.538. The van der Waals surface area contributed by atoms with Gasteiger partial charge in [0.2, 0.25) is 0 Å². The summed E-state index contributed by atoms with van der Waals surface area (Å²) >= 11 is 5.79. The molecule has 1 aliphatic rings. The van der Waals surface area contributed by atoms with Crippen LogP contribution in [0.3, 0.4) is 0 Å². The lowest BCUT2D eigenvalue weighted by atomic mass is 10.2. The molecule has 1 heterocycles. The maximum atomic E-state index is 5.79. The van der Waals surface area contributed by atoms with Crippen LogP contribution in [-0.4, -0.2) is 6.21 Å². The number of benzene rings is 1. The summed E-state index contributed by atoms with van der Waals surface area (Å²) in [6, 6.07) is 7.86. The van der Waals surface area contributed by atoms with Crippen molar-refractivity contribution in [1.29, 1.82) is 0 Å². The third kappa shape index (κ3) is 1.34. The topological polar surface area (TPSA) is 24.4 Å². The van der Waals surface area contributed by atoms with E-state index in [0.717, 1.165) is 11.3 Å². The molecule has 0 bridgehead atoms. The molecule has 60 valence electrons. The molecular formula is C9H7ClN2. The van der Waals surface area contributed by atoms with Crippen LogP contribution in [0.5, 0.6) is 0 Å². The molecule has 3 heteroatoms. The number of rotatable bonds is 0. The zero-order chi connectivity index (χ0) is 8.39. The van der Waals surface area contributed by atoms with Gasteiger partial charge in [-0.25, -0.2) is 0 Å². The summed E-state index contributed by atoms with van der Waals surface area (Å²) in [6.07, 6.45) is 3.36. The van der Waals surface area contributed by atoms with Crippen molar-refractivity contribution >= 4 is 23.5 Å². The van der Waals surface area contributed by atoms with Crippen LogP contribution in [0.25, 0.3) is 0 Å². The van der Waals surface area contributed by atoms with E-state index < -0.39 is 0 Å². The first-order chi connectivity index (χ1) is 5.86. The fourth-order valence-electron chi connectivity index (χ4n) is 1.07. The smallest absolute Gasteiger partial charge is 0.125 e. The minimum Gasteiger partial charge on any atom is -0.344 e. The highest BCUT2D eigenvalue weighted by molar-refractivity contribution is 6.31. The van der Waals surface area contributed by atoms with Gasteiger partial charge in [0, 0.05) is 17.5 Å². The second-order valence-corrected chi connectivity index (χ2v) is 2.87. The molecule has 0 radical (unpaired) electrons. The van der Waals surface area contributed by atoms with Crippen molar-refractivity contribution in [1.82, 2.24) is 0 Å². The van der Waals surface area contributed by atoms with Crippen LogP contribution in [0.15, 0.2) is 40.6 Å². The number of nitrogens with zero attached hydrogens (tertiary/aromatic N) is 1. The van der Waals surface area contributed by atoms with E-state index in [1.54, 1.807) is 12.4 Å². The highest BCUT2D eigenvalue weighted by atomic mass is 35.5. The second kappa shape index (κ2) is 2.99. The summed E-state index contributed by atoms with van der Waals surface area (Å²) < 4.78 is 0. The van der Waals surface area contributed by atoms with E-state index >= 15 is 0 Å². The van der Waals surface area contributed by atoms with Crippen molar-refractivity contribution in [3.8, 4) is 0 Å². The van der Waals surface area contributed by atoms with Crippen LogP contribution in [0.2, 0.25) is 0 Å². The summed E-state index contributed by atoms with van der Waals surface area (Å²) in [5.41, 5.74) is 2.03. The molecule has 1 N–H and O–H groups in total. The first kappa shape index (κ1) is 7.37. The molecule has 0 saturated heterocycles. The molecule has 2 nitrogen and oxygen atoms in total. The van der Waals surface area contributed by atoms with Gasteiger partial charge in [-0.2, -0.15) is 0 Å². The van der Waals surface area contributed by atoms with Crippen LogP contribution >= 0.6 is 11.6 Å². The van der Waals surface area contributed by atoms with Gasteiger partial charge in [-0.1, -0.05) is 29.8 Å². The standard InChI is InChI=1S/C9H7ClN2/c10-9-6-11-5-7-3-1-2-4-8(7)12-9/h1-6,12H. The molecule has 0 atom stereocenters. The maximum Gasteiger partial charge on any atom is 0.125 e. The van der Waals surface area contributed by atoms with Gasteiger partial charge in [0.25, 0.3) is 0 Å². The van der Waals surface area contributed by atoms with Crippen LogP contribution in [0.4, 0.5) is 5.69 Å². The number of hydrogen-bond donors (Lipinski definition) is 1. The first-order valence-electron chi connectivity index (χ1n) is 3.61. The Morgan fingerprint density at radius 2 is 2.08 bits per heavy atom. The van der Waals surface area contributed by atoms with Gasteiger partial charge in [-0.05, 0) is 6.07 Å². The Morgan fingerprint density at radius 3 is 3.00 bits per heavy atom. The Bertz CT molecular complexity index is 355. The minimum absolute atomic E-state index is 0.538. The van der Waals surface area contributed by atoms with E-state index in [1.165, 1.54) is 0 Å². The summed E-state index contributed by atoms with van der Waals surface area (Å²) in [5.74, 6) is 0. The van der Waals surface area contributed by atoms with Crippen molar-refractivity contribution in [2.75, 3.05) is 5.32 Å². The third-order valence-electron chi connectivity index (χ3n) is 1.62. The quantitative estimate of drug-likeness (QED) is 0.607. The molecular weight excluding hydrogens is 172 g/mol. The van der Waals surface area contributed by atoms with Crippen molar-refractivity contribution in [2.45, 2.75) is 0 Å². The van der Waals surface area contributed by atoms with Crippen molar-refractivity contribution in [3.63, 3.8) is 0 Å². The van der Waals surface area contributed by atoms with Gasteiger partial charge in [-0.3, -0.25) is 4.99 Å². The molecule has 2 rings (SSSR count). The van der Waals surface area contributed by atoms with E-state index in [9.17, 15) is 0 Å². The molecule has 1 aliphatic heterocycles. The van der Waals surface area contributed by atoms with Crippen molar-refractivity contribution < 1.29 is 0 Å². The lowest BCUT2D eigenvalue weighted by molar-refractivity contribution is 1.52. The van der Waals surface area contributed by atoms with Crippen molar-refractivity contribution in [3.05, 3.63) is 41.2 Å².